The molecule has 5 heteroatoms. The van der Waals surface area contributed by atoms with E-state index in [4.69, 9.17) is 4.74 Å². The zero-order valence-electron chi connectivity index (χ0n) is 19.8. The summed E-state index contributed by atoms with van der Waals surface area (Å²) in [4.78, 5) is 10.5. The maximum atomic E-state index is 11.5. The molecule has 1 unspecified atom stereocenters. The number of aliphatic hydroxyl groups is 1. The van der Waals surface area contributed by atoms with Crippen molar-refractivity contribution in [3.63, 3.8) is 0 Å². The molecule has 1 aromatic heterocycles. The van der Waals surface area contributed by atoms with Crippen LogP contribution >= 0.6 is 0 Å². The van der Waals surface area contributed by atoms with Crippen molar-refractivity contribution in [1.29, 1.82) is 0 Å². The fraction of sp³-hybridized carbons (Fsp3) is 0.464. The normalized spacial score (nSPS) is 24.4. The number of imidazole rings is 1. The number of aromatic nitrogens is 2. The number of allylic oxidation sites excluding steroid dienone is 1. The van der Waals surface area contributed by atoms with Crippen LogP contribution in [-0.4, -0.2) is 52.8 Å². The Morgan fingerprint density at radius 1 is 1.12 bits per heavy atom. The van der Waals surface area contributed by atoms with Gasteiger partial charge in [-0.05, 0) is 87.0 Å². The van der Waals surface area contributed by atoms with Crippen molar-refractivity contribution in [1.82, 2.24) is 14.9 Å². The minimum Gasteiger partial charge on any atom is -0.497 e. The van der Waals surface area contributed by atoms with Gasteiger partial charge in [-0.2, -0.15) is 0 Å². The molecule has 1 fully saturated rings. The molecule has 1 heterocycles. The van der Waals surface area contributed by atoms with Gasteiger partial charge >= 0.3 is 0 Å². The zero-order valence-corrected chi connectivity index (χ0v) is 19.8. The third-order valence-corrected chi connectivity index (χ3v) is 7.68. The van der Waals surface area contributed by atoms with Crippen LogP contribution in [0.3, 0.4) is 0 Å². The van der Waals surface area contributed by atoms with Crippen LogP contribution in [0, 0.1) is 11.8 Å². The van der Waals surface area contributed by atoms with Gasteiger partial charge in [0.1, 0.15) is 11.6 Å². The number of nitrogens with zero attached hydrogens (tertiary/aromatic N) is 2. The van der Waals surface area contributed by atoms with E-state index >= 15 is 0 Å². The molecule has 3 aliphatic carbocycles. The molecule has 0 aliphatic heterocycles. The van der Waals surface area contributed by atoms with Gasteiger partial charge in [0.15, 0.2) is 0 Å². The van der Waals surface area contributed by atoms with E-state index in [-0.39, 0.29) is 5.92 Å². The zero-order chi connectivity index (χ0) is 22.8. The lowest BCUT2D eigenvalue weighted by Gasteiger charge is -2.48. The highest BCUT2D eigenvalue weighted by Gasteiger charge is 2.46. The molecule has 2 N–H and O–H groups in total. The van der Waals surface area contributed by atoms with Crippen LogP contribution in [0.25, 0.3) is 16.6 Å². The van der Waals surface area contributed by atoms with E-state index in [1.54, 1.807) is 7.11 Å². The molecule has 174 valence electrons. The van der Waals surface area contributed by atoms with Crippen molar-refractivity contribution >= 4 is 16.6 Å². The third kappa shape index (κ3) is 4.71. The monoisotopic (exact) mass is 445 g/mol. The molecule has 0 spiro atoms. The largest absolute Gasteiger partial charge is 0.497 e. The molecule has 3 aliphatic rings. The summed E-state index contributed by atoms with van der Waals surface area (Å²) in [6, 6.07) is 16.6. The number of aromatic amines is 1. The van der Waals surface area contributed by atoms with Crippen molar-refractivity contribution in [2.75, 3.05) is 27.2 Å². The van der Waals surface area contributed by atoms with Gasteiger partial charge in [0.2, 0.25) is 0 Å². The van der Waals surface area contributed by atoms with Gasteiger partial charge in [-0.1, -0.05) is 30.3 Å². The first-order valence-corrected chi connectivity index (χ1v) is 12.2. The summed E-state index contributed by atoms with van der Waals surface area (Å²) >= 11 is 0. The lowest BCUT2D eigenvalue weighted by molar-refractivity contribution is -0.0574. The second kappa shape index (κ2) is 9.32. The lowest BCUT2D eigenvalue weighted by Crippen LogP contribution is -2.48. The predicted octanol–water partition coefficient (Wildman–Crippen LogP) is 5.07. The summed E-state index contributed by atoms with van der Waals surface area (Å²) < 4.78 is 5.30. The van der Waals surface area contributed by atoms with Crippen molar-refractivity contribution in [3.8, 4) is 5.75 Å². The van der Waals surface area contributed by atoms with E-state index in [9.17, 15) is 5.11 Å². The Labute approximate surface area is 196 Å². The Morgan fingerprint density at radius 2 is 1.94 bits per heavy atom. The van der Waals surface area contributed by atoms with Gasteiger partial charge < -0.3 is 19.7 Å². The van der Waals surface area contributed by atoms with Crippen LogP contribution in [-0.2, 0) is 6.42 Å². The smallest absolute Gasteiger partial charge is 0.118 e. The molecular formula is C28H35N3O2. The van der Waals surface area contributed by atoms with Crippen LogP contribution in [0.15, 0.2) is 54.6 Å². The number of rotatable bonds is 9. The minimum atomic E-state index is -0.577. The highest BCUT2D eigenvalue weighted by molar-refractivity contribution is 5.74. The molecule has 5 nitrogen and oxygen atoms in total. The first kappa shape index (κ1) is 22.2. The van der Waals surface area contributed by atoms with Gasteiger partial charge in [0, 0.05) is 18.9 Å². The van der Waals surface area contributed by atoms with Crippen molar-refractivity contribution < 1.29 is 9.84 Å². The van der Waals surface area contributed by atoms with Gasteiger partial charge in [-0.25, -0.2) is 4.98 Å². The fourth-order valence-corrected chi connectivity index (χ4v) is 5.73. The second-order valence-corrected chi connectivity index (χ2v) is 9.90. The molecule has 0 radical (unpaired) electrons. The molecule has 1 saturated carbocycles. The minimum absolute atomic E-state index is 0.253. The van der Waals surface area contributed by atoms with E-state index in [1.165, 1.54) is 17.6 Å². The number of hydrogen-bond donors (Lipinski definition) is 2. The van der Waals surface area contributed by atoms with E-state index < -0.39 is 5.60 Å². The number of benzene rings is 2. The summed E-state index contributed by atoms with van der Waals surface area (Å²) in [5.74, 6) is 2.65. The van der Waals surface area contributed by atoms with Gasteiger partial charge in [0.25, 0.3) is 0 Å². The Bertz CT molecular complexity index is 1090. The summed E-state index contributed by atoms with van der Waals surface area (Å²) in [6.45, 7) is 1.93. The molecule has 0 amide bonds. The number of methoxy groups -OCH3 is 1. The first-order valence-electron chi connectivity index (χ1n) is 12.2. The van der Waals surface area contributed by atoms with E-state index in [0.717, 1.165) is 67.8 Å². The first-order chi connectivity index (χ1) is 16.0. The number of nitrogens with one attached hydrogen (secondary N) is 1. The number of aryl methyl sites for hydroxylation is 1. The Balaban J connectivity index is 1.14. The fourth-order valence-electron chi connectivity index (χ4n) is 5.73. The SMILES string of the molecule is COc1ccc(C2=CC3CC[C@@H]2C[C@@]3(O)CCN(C)CCCc2nc3ccccc3[nH]2)cc1. The number of fused-ring (bicyclic) bond motifs is 3. The molecule has 3 aromatic rings. The van der Waals surface area contributed by atoms with Crippen LogP contribution in [0.5, 0.6) is 5.75 Å². The summed E-state index contributed by atoms with van der Waals surface area (Å²) in [7, 11) is 3.87. The van der Waals surface area contributed by atoms with Gasteiger partial charge in [-0.15, -0.1) is 0 Å². The van der Waals surface area contributed by atoms with Crippen LogP contribution < -0.4 is 4.74 Å². The van der Waals surface area contributed by atoms with Gasteiger partial charge in [0.05, 0.1) is 23.7 Å². The molecule has 2 bridgehead atoms. The third-order valence-electron chi connectivity index (χ3n) is 7.68. The number of para-hydroxylation sites is 2. The number of ether oxygens (including phenoxy) is 1. The lowest BCUT2D eigenvalue weighted by atomic mass is 9.61. The number of hydrogen-bond acceptors (Lipinski definition) is 4. The molecular weight excluding hydrogens is 410 g/mol. The Hall–Kier alpha value is -2.63. The molecule has 0 saturated heterocycles. The van der Waals surface area contributed by atoms with E-state index in [2.05, 4.69) is 52.3 Å². The Morgan fingerprint density at radius 3 is 2.67 bits per heavy atom. The number of H-pyrrole nitrogens is 1. The maximum absolute atomic E-state index is 11.5. The molecule has 33 heavy (non-hydrogen) atoms. The molecule has 6 rings (SSSR count). The highest BCUT2D eigenvalue weighted by Crippen LogP contribution is 2.51. The average Bonchev–Trinajstić information content (AvgIpc) is 3.26. The van der Waals surface area contributed by atoms with Crippen molar-refractivity contribution in [2.45, 2.75) is 44.1 Å². The average molecular weight is 446 g/mol. The maximum Gasteiger partial charge on any atom is 0.118 e. The summed E-state index contributed by atoms with van der Waals surface area (Å²) in [6.07, 6.45) is 8.35. The van der Waals surface area contributed by atoms with Crippen molar-refractivity contribution in [2.24, 2.45) is 11.8 Å². The quantitative estimate of drug-likeness (QED) is 0.483. The summed E-state index contributed by atoms with van der Waals surface area (Å²) in [5.41, 5.74) is 4.26. The molecule has 2 aromatic carbocycles. The highest BCUT2D eigenvalue weighted by atomic mass is 16.5. The van der Waals surface area contributed by atoms with Crippen molar-refractivity contribution in [3.05, 3.63) is 66.0 Å². The van der Waals surface area contributed by atoms with Crippen LogP contribution in [0.2, 0.25) is 0 Å². The van der Waals surface area contributed by atoms with E-state index in [1.807, 2.05) is 24.3 Å². The standard InChI is InChI=1S/C28H35N3O2/c1-31(16-5-8-27-29-25-6-3-4-7-26(25)30-27)17-15-28(32)19-21-9-12-22(28)18-24(21)20-10-13-23(33-2)14-11-20/h3-4,6-7,10-11,13-14,18,21-22,32H,5,8-9,12,15-17,19H2,1-2H3,(H,29,30)/t21-,22?,28+/m1/s1. The predicted molar refractivity (Wildman–Crippen MR) is 133 cm³/mol. The summed E-state index contributed by atoms with van der Waals surface area (Å²) in [5, 5.41) is 11.5. The van der Waals surface area contributed by atoms with Crippen LogP contribution in [0.4, 0.5) is 0 Å². The second-order valence-electron chi connectivity index (χ2n) is 9.90. The molecule has 3 atom stereocenters. The van der Waals surface area contributed by atoms with Gasteiger partial charge in [-0.3, -0.25) is 0 Å². The Kier molecular flexibility index (Phi) is 6.26. The van der Waals surface area contributed by atoms with Crippen LogP contribution in [0.1, 0.15) is 43.5 Å². The van der Waals surface area contributed by atoms with E-state index in [0.29, 0.717) is 5.92 Å². The topological polar surface area (TPSA) is 61.4 Å².